The lowest BCUT2D eigenvalue weighted by Crippen LogP contribution is -2.27. The van der Waals surface area contributed by atoms with Crippen molar-refractivity contribution in [2.75, 3.05) is 0 Å². The Hall–Kier alpha value is -1.52. The summed E-state index contributed by atoms with van der Waals surface area (Å²) in [6, 6.07) is 6.47. The topological polar surface area (TPSA) is 55.1 Å². The average Bonchev–Trinajstić information content (AvgIpc) is 2.75. The van der Waals surface area contributed by atoms with E-state index in [0.717, 1.165) is 5.56 Å². The third kappa shape index (κ3) is 3.28. The normalized spacial score (nSPS) is 12.2. The van der Waals surface area contributed by atoms with Crippen LogP contribution in [0.4, 0.5) is 0 Å². The summed E-state index contributed by atoms with van der Waals surface area (Å²) in [5.74, 6) is 0.276. The predicted octanol–water partition coefficient (Wildman–Crippen LogP) is 3.78. The van der Waals surface area contributed by atoms with Crippen LogP contribution in [0, 0.1) is 6.92 Å². The third-order valence-electron chi connectivity index (χ3n) is 2.64. The number of nitrogens with one attached hydrogen (secondary N) is 1. The summed E-state index contributed by atoms with van der Waals surface area (Å²) in [6.45, 7) is 3.56. The number of carbonyl (C=O) groups excluding carboxylic acids is 1. The molecule has 2 rings (SSSR count). The highest BCUT2D eigenvalue weighted by Gasteiger charge is 2.16. The van der Waals surface area contributed by atoms with Crippen LogP contribution in [0.5, 0.6) is 0 Å². The van der Waals surface area contributed by atoms with Gasteiger partial charge in [0.05, 0.1) is 6.04 Å². The van der Waals surface area contributed by atoms with Gasteiger partial charge < -0.3 is 9.84 Å². The summed E-state index contributed by atoms with van der Waals surface area (Å²) in [5, 5.41) is 7.52. The molecule has 1 heterocycles. The maximum absolute atomic E-state index is 11.9. The van der Waals surface area contributed by atoms with Gasteiger partial charge in [-0.05, 0) is 31.5 Å². The van der Waals surface area contributed by atoms with Gasteiger partial charge in [-0.1, -0.05) is 34.4 Å². The summed E-state index contributed by atoms with van der Waals surface area (Å²) in [4.78, 5) is 11.9. The van der Waals surface area contributed by atoms with E-state index in [1.807, 2.05) is 6.92 Å². The molecule has 1 N–H and O–H groups in total. The van der Waals surface area contributed by atoms with Gasteiger partial charge in [-0.3, -0.25) is 4.79 Å². The Labute approximate surface area is 120 Å². The molecule has 1 unspecified atom stereocenters. The first-order chi connectivity index (χ1) is 8.97. The Kier molecular flexibility index (Phi) is 4.12. The van der Waals surface area contributed by atoms with E-state index in [0.29, 0.717) is 15.8 Å². The van der Waals surface area contributed by atoms with Gasteiger partial charge in [-0.15, -0.1) is 0 Å². The van der Waals surface area contributed by atoms with Gasteiger partial charge in [0.15, 0.2) is 5.69 Å². The van der Waals surface area contributed by atoms with Crippen molar-refractivity contribution in [1.29, 1.82) is 0 Å². The maximum atomic E-state index is 11.9. The fraction of sp³-hybridized carbons (Fsp3) is 0.231. The Balaban J connectivity index is 2.12. The number of halogens is 2. The molecule has 1 aromatic heterocycles. The van der Waals surface area contributed by atoms with E-state index in [2.05, 4.69) is 10.5 Å². The first kappa shape index (κ1) is 13.9. The molecule has 1 amide bonds. The molecule has 0 fully saturated rings. The summed E-state index contributed by atoms with van der Waals surface area (Å²) in [7, 11) is 0. The highest BCUT2D eigenvalue weighted by molar-refractivity contribution is 6.35. The second kappa shape index (κ2) is 5.63. The van der Waals surface area contributed by atoms with Gasteiger partial charge in [0.2, 0.25) is 0 Å². The van der Waals surface area contributed by atoms with Crippen LogP contribution in [0.1, 0.15) is 34.8 Å². The molecule has 1 aromatic carbocycles. The molecule has 0 radical (unpaired) electrons. The molecule has 4 nitrogen and oxygen atoms in total. The van der Waals surface area contributed by atoms with Crippen LogP contribution >= 0.6 is 23.2 Å². The quantitative estimate of drug-likeness (QED) is 0.938. The molecular weight excluding hydrogens is 287 g/mol. The van der Waals surface area contributed by atoms with Crippen LogP contribution in [-0.2, 0) is 0 Å². The van der Waals surface area contributed by atoms with Crippen LogP contribution in [0.2, 0.25) is 10.0 Å². The lowest BCUT2D eigenvalue weighted by Gasteiger charge is -2.15. The summed E-state index contributed by atoms with van der Waals surface area (Å²) in [6.07, 6.45) is 0. The van der Waals surface area contributed by atoms with Crippen LogP contribution < -0.4 is 5.32 Å². The van der Waals surface area contributed by atoms with Crippen LogP contribution in [0.15, 0.2) is 28.8 Å². The molecule has 6 heteroatoms. The predicted molar refractivity (Wildman–Crippen MR) is 73.6 cm³/mol. The first-order valence-corrected chi connectivity index (χ1v) is 6.42. The molecule has 0 spiro atoms. The number of benzene rings is 1. The number of aryl methyl sites for hydroxylation is 1. The Morgan fingerprint density at radius 1 is 1.37 bits per heavy atom. The Morgan fingerprint density at radius 3 is 2.68 bits per heavy atom. The number of carbonyl (C=O) groups is 1. The molecule has 0 aliphatic carbocycles. The Bertz CT molecular complexity index is 610. The van der Waals surface area contributed by atoms with Gasteiger partial charge in [0.1, 0.15) is 5.76 Å². The van der Waals surface area contributed by atoms with E-state index in [9.17, 15) is 4.79 Å². The smallest absolute Gasteiger partial charge is 0.273 e. The monoisotopic (exact) mass is 298 g/mol. The fourth-order valence-electron chi connectivity index (χ4n) is 1.67. The van der Waals surface area contributed by atoms with E-state index in [1.165, 1.54) is 0 Å². The molecule has 0 bridgehead atoms. The van der Waals surface area contributed by atoms with Crippen molar-refractivity contribution in [1.82, 2.24) is 10.5 Å². The number of rotatable bonds is 3. The number of hydrogen-bond acceptors (Lipinski definition) is 3. The number of amides is 1. The number of aromatic nitrogens is 1. The van der Waals surface area contributed by atoms with Crippen molar-refractivity contribution >= 4 is 29.1 Å². The van der Waals surface area contributed by atoms with Crippen molar-refractivity contribution in [2.45, 2.75) is 19.9 Å². The lowest BCUT2D eigenvalue weighted by molar-refractivity contribution is 0.0930. The van der Waals surface area contributed by atoms with Gasteiger partial charge >= 0.3 is 0 Å². The molecule has 0 aliphatic heterocycles. The van der Waals surface area contributed by atoms with Crippen molar-refractivity contribution in [3.05, 3.63) is 51.3 Å². The largest absolute Gasteiger partial charge is 0.361 e. The standard InChI is InChI=1S/C13H12Cl2N2O2/c1-7-5-12(17-19-7)13(18)16-8(2)10-4-3-9(14)6-11(10)15/h3-6,8H,1-2H3,(H,16,18). The second-order valence-corrected chi connectivity index (χ2v) is 5.03. The average molecular weight is 299 g/mol. The van der Waals surface area contributed by atoms with E-state index >= 15 is 0 Å². The highest BCUT2D eigenvalue weighted by Crippen LogP contribution is 2.26. The van der Waals surface area contributed by atoms with E-state index in [-0.39, 0.29) is 17.6 Å². The molecule has 0 saturated carbocycles. The molecule has 0 aliphatic rings. The van der Waals surface area contributed by atoms with Gasteiger partial charge in [0, 0.05) is 16.1 Å². The van der Waals surface area contributed by atoms with Crippen LogP contribution in [0.3, 0.4) is 0 Å². The fourth-order valence-corrected chi connectivity index (χ4v) is 2.25. The van der Waals surface area contributed by atoms with Crippen LogP contribution in [0.25, 0.3) is 0 Å². The van der Waals surface area contributed by atoms with E-state index in [4.69, 9.17) is 27.7 Å². The summed E-state index contributed by atoms with van der Waals surface area (Å²) >= 11 is 11.9. The van der Waals surface area contributed by atoms with Crippen LogP contribution in [-0.4, -0.2) is 11.1 Å². The zero-order valence-corrected chi connectivity index (χ0v) is 11.9. The zero-order chi connectivity index (χ0) is 14.0. The lowest BCUT2D eigenvalue weighted by atomic mass is 10.1. The SMILES string of the molecule is Cc1cc(C(=O)NC(C)c2ccc(Cl)cc2Cl)no1. The number of hydrogen-bond donors (Lipinski definition) is 1. The zero-order valence-electron chi connectivity index (χ0n) is 10.4. The summed E-state index contributed by atoms with van der Waals surface area (Å²) in [5.41, 5.74) is 1.04. The third-order valence-corrected chi connectivity index (χ3v) is 3.20. The molecule has 100 valence electrons. The highest BCUT2D eigenvalue weighted by atomic mass is 35.5. The second-order valence-electron chi connectivity index (χ2n) is 4.18. The minimum Gasteiger partial charge on any atom is -0.361 e. The molecule has 2 aromatic rings. The molecule has 1 atom stereocenters. The van der Waals surface area contributed by atoms with Gasteiger partial charge in [0.25, 0.3) is 5.91 Å². The number of nitrogens with zero attached hydrogens (tertiary/aromatic N) is 1. The molecular formula is C13H12Cl2N2O2. The van der Waals surface area contributed by atoms with Crippen molar-refractivity contribution < 1.29 is 9.32 Å². The Morgan fingerprint density at radius 2 is 2.11 bits per heavy atom. The minimum absolute atomic E-state index is 0.245. The first-order valence-electron chi connectivity index (χ1n) is 5.66. The van der Waals surface area contributed by atoms with Gasteiger partial charge in [-0.25, -0.2) is 0 Å². The van der Waals surface area contributed by atoms with E-state index < -0.39 is 0 Å². The van der Waals surface area contributed by atoms with Crippen molar-refractivity contribution in [2.24, 2.45) is 0 Å². The maximum Gasteiger partial charge on any atom is 0.273 e. The summed E-state index contributed by atoms with van der Waals surface area (Å²) < 4.78 is 4.86. The molecule has 0 saturated heterocycles. The van der Waals surface area contributed by atoms with E-state index in [1.54, 1.807) is 31.2 Å². The molecule has 19 heavy (non-hydrogen) atoms. The minimum atomic E-state index is -0.310. The van der Waals surface area contributed by atoms with Crippen molar-refractivity contribution in [3.8, 4) is 0 Å². The van der Waals surface area contributed by atoms with Crippen molar-refractivity contribution in [3.63, 3.8) is 0 Å². The van der Waals surface area contributed by atoms with Gasteiger partial charge in [-0.2, -0.15) is 0 Å².